The molecular formula is C9H7BrN2O2. The molecule has 1 aromatic heterocycles. The van der Waals surface area contributed by atoms with Gasteiger partial charge in [-0.1, -0.05) is 6.07 Å². The van der Waals surface area contributed by atoms with Crippen LogP contribution in [0.3, 0.4) is 0 Å². The Morgan fingerprint density at radius 1 is 1.50 bits per heavy atom. The summed E-state index contributed by atoms with van der Waals surface area (Å²) in [6.45, 7) is 0. The van der Waals surface area contributed by atoms with Crippen LogP contribution in [0, 0.1) is 0 Å². The lowest BCUT2D eigenvalue weighted by atomic mass is 10.2. The first kappa shape index (κ1) is 9.21. The van der Waals surface area contributed by atoms with E-state index in [2.05, 4.69) is 25.9 Å². The third kappa shape index (κ3) is 1.39. The SMILES string of the molecule is COc1nc(=O)[nH]c2cccc(Br)c12. The van der Waals surface area contributed by atoms with Gasteiger partial charge in [0.2, 0.25) is 5.88 Å². The van der Waals surface area contributed by atoms with E-state index >= 15 is 0 Å². The zero-order valence-electron chi connectivity index (χ0n) is 7.37. The van der Waals surface area contributed by atoms with E-state index in [1.165, 1.54) is 7.11 Å². The fraction of sp³-hybridized carbons (Fsp3) is 0.111. The molecule has 0 atom stereocenters. The van der Waals surface area contributed by atoms with Gasteiger partial charge in [0.1, 0.15) is 0 Å². The predicted molar refractivity (Wildman–Crippen MR) is 56.6 cm³/mol. The van der Waals surface area contributed by atoms with Gasteiger partial charge in [0.15, 0.2) is 0 Å². The van der Waals surface area contributed by atoms with Crippen LogP contribution in [0.2, 0.25) is 0 Å². The van der Waals surface area contributed by atoms with E-state index < -0.39 is 5.69 Å². The van der Waals surface area contributed by atoms with Gasteiger partial charge in [0.25, 0.3) is 0 Å². The zero-order valence-corrected chi connectivity index (χ0v) is 8.96. The standard InChI is InChI=1S/C9H7BrN2O2/c1-14-8-7-5(10)3-2-4-6(7)11-9(13)12-8/h2-4H,1H3,(H,11,12,13). The summed E-state index contributed by atoms with van der Waals surface area (Å²) in [4.78, 5) is 17.5. The molecule has 5 heteroatoms. The van der Waals surface area contributed by atoms with Crippen molar-refractivity contribution in [3.8, 4) is 5.88 Å². The number of ether oxygens (including phenoxy) is 1. The number of aromatic amines is 1. The Morgan fingerprint density at radius 3 is 3.00 bits per heavy atom. The molecule has 1 aromatic carbocycles. The lowest BCUT2D eigenvalue weighted by molar-refractivity contribution is 0.401. The summed E-state index contributed by atoms with van der Waals surface area (Å²) >= 11 is 3.37. The number of fused-ring (bicyclic) bond motifs is 1. The van der Waals surface area contributed by atoms with Gasteiger partial charge in [-0.25, -0.2) is 4.79 Å². The van der Waals surface area contributed by atoms with E-state index in [-0.39, 0.29) is 0 Å². The Labute approximate surface area is 88.1 Å². The van der Waals surface area contributed by atoms with Gasteiger partial charge in [-0.3, -0.25) is 0 Å². The minimum Gasteiger partial charge on any atom is -0.480 e. The first-order valence-corrected chi connectivity index (χ1v) is 4.74. The van der Waals surface area contributed by atoms with Crippen LogP contribution in [0.25, 0.3) is 10.9 Å². The van der Waals surface area contributed by atoms with Crippen molar-refractivity contribution in [2.75, 3.05) is 7.11 Å². The lowest BCUT2D eigenvalue weighted by Gasteiger charge is -2.04. The molecule has 1 heterocycles. The van der Waals surface area contributed by atoms with Crippen molar-refractivity contribution in [1.82, 2.24) is 9.97 Å². The van der Waals surface area contributed by atoms with Crippen molar-refractivity contribution in [2.45, 2.75) is 0 Å². The highest BCUT2D eigenvalue weighted by Crippen LogP contribution is 2.27. The first-order chi connectivity index (χ1) is 6.72. The summed E-state index contributed by atoms with van der Waals surface area (Å²) in [5, 5.41) is 0.773. The Kier molecular flexibility index (Phi) is 2.25. The van der Waals surface area contributed by atoms with Crippen LogP contribution in [-0.4, -0.2) is 17.1 Å². The van der Waals surface area contributed by atoms with Gasteiger partial charge in [0, 0.05) is 4.47 Å². The van der Waals surface area contributed by atoms with Crippen LogP contribution in [0.1, 0.15) is 0 Å². The highest BCUT2D eigenvalue weighted by molar-refractivity contribution is 9.10. The summed E-state index contributed by atoms with van der Waals surface area (Å²) in [5.41, 5.74) is 0.295. The van der Waals surface area contributed by atoms with Crippen molar-refractivity contribution in [3.05, 3.63) is 33.2 Å². The Hall–Kier alpha value is -1.36. The summed E-state index contributed by atoms with van der Waals surface area (Å²) in [6.07, 6.45) is 0. The third-order valence-corrected chi connectivity index (χ3v) is 2.53. The molecule has 4 nitrogen and oxygen atoms in total. The molecule has 0 bridgehead atoms. The number of halogens is 1. The van der Waals surface area contributed by atoms with Gasteiger partial charge < -0.3 is 9.72 Å². The number of nitrogens with zero attached hydrogens (tertiary/aromatic N) is 1. The van der Waals surface area contributed by atoms with Gasteiger partial charge >= 0.3 is 5.69 Å². The summed E-state index contributed by atoms with van der Waals surface area (Å²) in [6, 6.07) is 5.50. The molecule has 0 aliphatic heterocycles. The normalized spacial score (nSPS) is 10.4. The van der Waals surface area contributed by atoms with Gasteiger partial charge in [0.05, 0.1) is 18.0 Å². The fourth-order valence-corrected chi connectivity index (χ4v) is 1.82. The average molecular weight is 255 g/mol. The maximum atomic E-state index is 11.1. The molecule has 0 unspecified atom stereocenters. The van der Waals surface area contributed by atoms with E-state index in [4.69, 9.17) is 4.74 Å². The quantitative estimate of drug-likeness (QED) is 0.843. The second-order valence-corrected chi connectivity index (χ2v) is 3.57. The molecular weight excluding hydrogens is 248 g/mol. The van der Waals surface area contributed by atoms with Crippen molar-refractivity contribution in [1.29, 1.82) is 0 Å². The first-order valence-electron chi connectivity index (χ1n) is 3.95. The number of hydrogen-bond acceptors (Lipinski definition) is 3. The van der Waals surface area contributed by atoms with Crippen LogP contribution < -0.4 is 10.4 Å². The van der Waals surface area contributed by atoms with Gasteiger partial charge in [-0.15, -0.1) is 0 Å². The minimum absolute atomic E-state index is 0.330. The third-order valence-electron chi connectivity index (χ3n) is 1.87. The number of hydrogen-bond donors (Lipinski definition) is 1. The maximum absolute atomic E-state index is 11.1. The van der Waals surface area contributed by atoms with E-state index in [1.54, 1.807) is 6.07 Å². The van der Waals surface area contributed by atoms with Crippen LogP contribution >= 0.6 is 15.9 Å². The molecule has 1 N–H and O–H groups in total. The molecule has 0 saturated carbocycles. The Morgan fingerprint density at radius 2 is 2.29 bits per heavy atom. The molecule has 0 amide bonds. The highest BCUT2D eigenvalue weighted by Gasteiger charge is 2.07. The second-order valence-electron chi connectivity index (χ2n) is 2.71. The number of methoxy groups -OCH3 is 1. The molecule has 0 aliphatic rings. The van der Waals surface area contributed by atoms with E-state index in [9.17, 15) is 4.79 Å². The van der Waals surface area contributed by atoms with E-state index in [0.29, 0.717) is 11.4 Å². The van der Waals surface area contributed by atoms with Crippen LogP contribution in [0.5, 0.6) is 5.88 Å². The van der Waals surface area contributed by atoms with E-state index in [0.717, 1.165) is 9.86 Å². The molecule has 2 rings (SSSR count). The summed E-state index contributed by atoms with van der Waals surface area (Å²) in [5.74, 6) is 0.330. The van der Waals surface area contributed by atoms with Gasteiger partial charge in [-0.05, 0) is 28.1 Å². The van der Waals surface area contributed by atoms with Crippen LogP contribution in [0.4, 0.5) is 0 Å². The van der Waals surface area contributed by atoms with Crippen LogP contribution in [0.15, 0.2) is 27.5 Å². The minimum atomic E-state index is -0.410. The molecule has 0 spiro atoms. The molecule has 72 valence electrons. The highest BCUT2D eigenvalue weighted by atomic mass is 79.9. The maximum Gasteiger partial charge on any atom is 0.348 e. The topological polar surface area (TPSA) is 55.0 Å². The molecule has 2 aromatic rings. The smallest absolute Gasteiger partial charge is 0.348 e. The van der Waals surface area contributed by atoms with Crippen molar-refractivity contribution in [2.24, 2.45) is 0 Å². The molecule has 0 aliphatic carbocycles. The average Bonchev–Trinajstić information content (AvgIpc) is 2.16. The van der Waals surface area contributed by atoms with Crippen molar-refractivity contribution in [3.63, 3.8) is 0 Å². The summed E-state index contributed by atoms with van der Waals surface area (Å²) < 4.78 is 5.87. The molecule has 0 saturated heterocycles. The fourth-order valence-electron chi connectivity index (χ4n) is 1.28. The number of benzene rings is 1. The van der Waals surface area contributed by atoms with Crippen LogP contribution in [-0.2, 0) is 0 Å². The Bertz CT molecular complexity index is 536. The molecule has 0 radical (unpaired) electrons. The number of nitrogens with one attached hydrogen (secondary N) is 1. The largest absolute Gasteiger partial charge is 0.480 e. The zero-order chi connectivity index (χ0) is 10.1. The van der Waals surface area contributed by atoms with Gasteiger partial charge in [-0.2, -0.15) is 4.98 Å². The molecule has 0 fully saturated rings. The number of aromatic nitrogens is 2. The number of H-pyrrole nitrogens is 1. The summed E-state index contributed by atoms with van der Waals surface area (Å²) in [7, 11) is 1.49. The monoisotopic (exact) mass is 254 g/mol. The predicted octanol–water partition coefficient (Wildman–Crippen LogP) is 1.69. The Balaban J connectivity index is 2.96. The van der Waals surface area contributed by atoms with E-state index in [1.807, 2.05) is 12.1 Å². The molecule has 14 heavy (non-hydrogen) atoms. The second kappa shape index (κ2) is 3.42. The lowest BCUT2D eigenvalue weighted by Crippen LogP contribution is -2.11. The van der Waals surface area contributed by atoms with Crippen molar-refractivity contribution >= 4 is 26.8 Å². The van der Waals surface area contributed by atoms with Crippen molar-refractivity contribution < 1.29 is 4.74 Å². The number of rotatable bonds is 1.